The fourth-order valence-electron chi connectivity index (χ4n) is 2.12. The molecule has 1 fully saturated rings. The molecule has 1 aromatic heterocycles. The summed E-state index contributed by atoms with van der Waals surface area (Å²) in [6.07, 6.45) is 3.66. The number of aryl methyl sites for hydroxylation is 1. The molecule has 3 N–H and O–H groups in total. The Balaban J connectivity index is 2.16. The summed E-state index contributed by atoms with van der Waals surface area (Å²) in [7, 11) is -3.50. The highest BCUT2D eigenvalue weighted by Gasteiger charge is 2.32. The van der Waals surface area contributed by atoms with Crippen LogP contribution in [0.5, 0.6) is 0 Å². The van der Waals surface area contributed by atoms with Crippen LogP contribution in [0.1, 0.15) is 32.5 Å². The van der Waals surface area contributed by atoms with E-state index >= 15 is 0 Å². The third kappa shape index (κ3) is 2.90. The van der Waals surface area contributed by atoms with Gasteiger partial charge in [-0.3, -0.25) is 0 Å². The van der Waals surface area contributed by atoms with Gasteiger partial charge in [-0.1, -0.05) is 6.92 Å². The monoisotopic (exact) mass is 272 g/mol. The lowest BCUT2D eigenvalue weighted by Crippen LogP contribution is -2.52. The molecule has 0 saturated carbocycles. The molecule has 7 heteroatoms. The number of sulfonamides is 1. The van der Waals surface area contributed by atoms with Gasteiger partial charge in [-0.15, -0.1) is 0 Å². The summed E-state index contributed by atoms with van der Waals surface area (Å²) < 4.78 is 27.3. The van der Waals surface area contributed by atoms with Crippen molar-refractivity contribution in [2.24, 2.45) is 0 Å². The maximum atomic E-state index is 12.2. The minimum Gasteiger partial charge on any atom is -0.332 e. The van der Waals surface area contributed by atoms with Crippen LogP contribution in [-0.2, 0) is 16.4 Å². The largest absolute Gasteiger partial charge is 0.332 e. The molecule has 1 saturated heterocycles. The third-order valence-electron chi connectivity index (χ3n) is 3.32. The molecule has 18 heavy (non-hydrogen) atoms. The van der Waals surface area contributed by atoms with E-state index in [1.807, 2.05) is 13.8 Å². The van der Waals surface area contributed by atoms with E-state index in [4.69, 9.17) is 0 Å². The van der Waals surface area contributed by atoms with Crippen LogP contribution in [0.4, 0.5) is 0 Å². The number of nitrogens with one attached hydrogen (secondary N) is 3. The Morgan fingerprint density at radius 3 is 2.67 bits per heavy atom. The van der Waals surface area contributed by atoms with E-state index in [-0.39, 0.29) is 10.6 Å². The molecule has 0 radical (unpaired) electrons. The van der Waals surface area contributed by atoms with Crippen molar-refractivity contribution >= 4 is 10.0 Å². The highest BCUT2D eigenvalue weighted by atomic mass is 32.2. The van der Waals surface area contributed by atoms with E-state index in [1.165, 1.54) is 6.20 Å². The Hall–Kier alpha value is -0.920. The number of aromatic nitrogens is 2. The standard InChI is InChI=1S/C11H20N4O2S/c1-3-9-13-8-10(14-9)18(16,17)15-11(2)4-6-12-7-5-11/h8,12,15H,3-7H2,1-2H3,(H,13,14). The van der Waals surface area contributed by atoms with E-state index < -0.39 is 10.0 Å². The summed E-state index contributed by atoms with van der Waals surface area (Å²) in [5.74, 6) is 0.686. The molecule has 2 rings (SSSR count). The number of aromatic amines is 1. The topological polar surface area (TPSA) is 86.9 Å². The minimum atomic E-state index is -3.50. The number of H-pyrrole nitrogens is 1. The second kappa shape index (κ2) is 4.99. The van der Waals surface area contributed by atoms with Gasteiger partial charge in [-0.2, -0.15) is 0 Å². The lowest BCUT2D eigenvalue weighted by molar-refractivity contribution is 0.307. The van der Waals surface area contributed by atoms with Crippen molar-refractivity contribution in [1.29, 1.82) is 0 Å². The Labute approximate surface area is 108 Å². The first kappa shape index (κ1) is 13.5. The van der Waals surface area contributed by atoms with E-state index in [2.05, 4.69) is 20.0 Å². The Kier molecular flexibility index (Phi) is 3.74. The van der Waals surface area contributed by atoms with Gasteiger partial charge >= 0.3 is 0 Å². The van der Waals surface area contributed by atoms with Gasteiger partial charge in [-0.05, 0) is 32.9 Å². The number of nitrogens with zero attached hydrogens (tertiary/aromatic N) is 1. The zero-order chi connectivity index (χ0) is 13.2. The highest BCUT2D eigenvalue weighted by Crippen LogP contribution is 2.20. The number of hydrogen-bond donors (Lipinski definition) is 3. The molecule has 1 aliphatic heterocycles. The first-order chi connectivity index (χ1) is 8.45. The van der Waals surface area contributed by atoms with Crippen molar-refractivity contribution in [3.63, 3.8) is 0 Å². The second-order valence-corrected chi connectivity index (χ2v) is 6.61. The zero-order valence-electron chi connectivity index (χ0n) is 10.8. The maximum Gasteiger partial charge on any atom is 0.258 e. The van der Waals surface area contributed by atoms with E-state index in [1.54, 1.807) is 0 Å². The third-order valence-corrected chi connectivity index (χ3v) is 4.87. The van der Waals surface area contributed by atoms with Crippen LogP contribution < -0.4 is 10.0 Å². The number of piperidine rings is 1. The Bertz CT molecular complexity index is 503. The van der Waals surface area contributed by atoms with Gasteiger partial charge in [0.05, 0.1) is 6.20 Å². The van der Waals surface area contributed by atoms with Crippen molar-refractivity contribution in [2.45, 2.75) is 43.7 Å². The summed E-state index contributed by atoms with van der Waals surface area (Å²) >= 11 is 0. The van der Waals surface area contributed by atoms with Crippen LogP contribution >= 0.6 is 0 Å². The lowest BCUT2D eigenvalue weighted by Gasteiger charge is -2.34. The van der Waals surface area contributed by atoms with Gasteiger partial charge in [0, 0.05) is 12.0 Å². The van der Waals surface area contributed by atoms with E-state index in [0.29, 0.717) is 12.2 Å². The van der Waals surface area contributed by atoms with Crippen molar-refractivity contribution in [3.8, 4) is 0 Å². The average molecular weight is 272 g/mol. The fourth-order valence-corrected chi connectivity index (χ4v) is 3.53. The summed E-state index contributed by atoms with van der Waals surface area (Å²) in [4.78, 5) is 6.86. The molecule has 6 nitrogen and oxygen atoms in total. The minimum absolute atomic E-state index is 0.152. The molecule has 0 amide bonds. The van der Waals surface area contributed by atoms with Gasteiger partial charge in [0.2, 0.25) is 0 Å². The van der Waals surface area contributed by atoms with Crippen LogP contribution in [0.3, 0.4) is 0 Å². The predicted octanol–water partition coefficient (Wildman–Crippen LogP) is 0.392. The summed E-state index contributed by atoms with van der Waals surface area (Å²) in [5.41, 5.74) is -0.373. The zero-order valence-corrected chi connectivity index (χ0v) is 11.6. The molecule has 0 unspecified atom stereocenters. The summed E-state index contributed by atoms with van der Waals surface area (Å²) in [6.45, 7) is 5.55. The van der Waals surface area contributed by atoms with E-state index in [0.717, 1.165) is 25.9 Å². The SMILES string of the molecule is CCc1ncc(S(=O)(=O)NC2(C)CCNCC2)[nH]1. The molecular weight excluding hydrogens is 252 g/mol. The van der Waals surface area contributed by atoms with Gasteiger partial charge < -0.3 is 10.3 Å². The molecule has 0 aromatic carbocycles. The molecule has 0 atom stereocenters. The van der Waals surface area contributed by atoms with Crippen LogP contribution in [0.25, 0.3) is 0 Å². The average Bonchev–Trinajstić information content (AvgIpc) is 2.77. The van der Waals surface area contributed by atoms with Gasteiger partial charge in [-0.25, -0.2) is 18.1 Å². The summed E-state index contributed by atoms with van der Waals surface area (Å²) in [5, 5.41) is 3.38. The first-order valence-corrected chi connectivity index (χ1v) is 7.72. The highest BCUT2D eigenvalue weighted by molar-refractivity contribution is 7.89. The van der Waals surface area contributed by atoms with Gasteiger partial charge in [0.15, 0.2) is 5.03 Å². The maximum absolute atomic E-state index is 12.2. The van der Waals surface area contributed by atoms with Crippen molar-refractivity contribution in [1.82, 2.24) is 20.0 Å². The molecule has 1 aromatic rings. The lowest BCUT2D eigenvalue weighted by atomic mass is 9.92. The van der Waals surface area contributed by atoms with Crippen LogP contribution in [0.2, 0.25) is 0 Å². The van der Waals surface area contributed by atoms with E-state index in [9.17, 15) is 8.42 Å². The Morgan fingerprint density at radius 1 is 1.44 bits per heavy atom. The molecular formula is C11H20N4O2S. The number of imidazole rings is 1. The molecule has 0 bridgehead atoms. The number of hydrogen-bond acceptors (Lipinski definition) is 4. The second-order valence-electron chi connectivity index (χ2n) is 4.96. The van der Waals surface area contributed by atoms with Crippen molar-refractivity contribution < 1.29 is 8.42 Å². The van der Waals surface area contributed by atoms with Crippen LogP contribution in [0.15, 0.2) is 11.2 Å². The normalized spacial score (nSPS) is 19.9. The quantitative estimate of drug-likeness (QED) is 0.740. The molecule has 1 aliphatic rings. The predicted molar refractivity (Wildman–Crippen MR) is 68.8 cm³/mol. The van der Waals surface area contributed by atoms with Crippen molar-refractivity contribution in [2.75, 3.05) is 13.1 Å². The first-order valence-electron chi connectivity index (χ1n) is 6.24. The van der Waals surface area contributed by atoms with Crippen molar-refractivity contribution in [3.05, 3.63) is 12.0 Å². The smallest absolute Gasteiger partial charge is 0.258 e. The van der Waals surface area contributed by atoms with Gasteiger partial charge in [0.25, 0.3) is 10.0 Å². The van der Waals surface area contributed by atoms with Crippen LogP contribution in [-0.4, -0.2) is 37.0 Å². The number of rotatable bonds is 4. The molecule has 2 heterocycles. The molecule has 102 valence electrons. The molecule has 0 spiro atoms. The fraction of sp³-hybridized carbons (Fsp3) is 0.727. The van der Waals surface area contributed by atoms with Crippen LogP contribution in [0, 0.1) is 0 Å². The summed E-state index contributed by atoms with van der Waals surface area (Å²) in [6, 6.07) is 0. The van der Waals surface area contributed by atoms with Gasteiger partial charge in [0.1, 0.15) is 5.82 Å². The Morgan fingerprint density at radius 2 is 2.11 bits per heavy atom. The molecule has 0 aliphatic carbocycles.